The number of aromatic nitrogens is 1. The van der Waals surface area contributed by atoms with Crippen molar-refractivity contribution in [3.63, 3.8) is 0 Å². The lowest BCUT2D eigenvalue weighted by Crippen LogP contribution is -1.89. The van der Waals surface area contributed by atoms with Crippen LogP contribution in [0.1, 0.15) is 18.1 Å². The molecule has 0 fully saturated rings. The Kier molecular flexibility index (Phi) is 3.41. The summed E-state index contributed by atoms with van der Waals surface area (Å²) in [6.45, 7) is 2.11. The van der Waals surface area contributed by atoms with Gasteiger partial charge in [0.2, 0.25) is 0 Å². The van der Waals surface area contributed by atoms with E-state index in [-0.39, 0.29) is 5.15 Å². The molecule has 2 aromatic rings. The number of nitrogens with zero attached hydrogens (tertiary/aromatic N) is 2. The minimum Gasteiger partial charge on any atom is -0.243 e. The highest BCUT2D eigenvalue weighted by molar-refractivity contribution is 6.30. The van der Waals surface area contributed by atoms with Crippen molar-refractivity contribution in [1.29, 1.82) is 5.26 Å². The lowest BCUT2D eigenvalue weighted by atomic mass is 10.0. The van der Waals surface area contributed by atoms with Gasteiger partial charge in [-0.2, -0.15) is 5.26 Å². The van der Waals surface area contributed by atoms with Gasteiger partial charge >= 0.3 is 0 Å². The molecule has 2 nitrogen and oxygen atoms in total. The molecule has 0 bridgehead atoms. The SMILES string of the molecule is CCc1ccc(-c2ccnc(Cl)c2C#N)cc1. The third kappa shape index (κ3) is 2.30. The van der Waals surface area contributed by atoms with Crippen LogP contribution in [0.3, 0.4) is 0 Å². The van der Waals surface area contributed by atoms with Crippen LogP contribution in [0.5, 0.6) is 0 Å². The van der Waals surface area contributed by atoms with E-state index in [2.05, 4.69) is 30.1 Å². The van der Waals surface area contributed by atoms with Crippen molar-refractivity contribution in [3.05, 3.63) is 52.8 Å². The van der Waals surface area contributed by atoms with Crippen LogP contribution in [0.2, 0.25) is 5.15 Å². The average Bonchev–Trinajstić information content (AvgIpc) is 2.38. The van der Waals surface area contributed by atoms with Gasteiger partial charge in [0.15, 0.2) is 0 Å². The Morgan fingerprint density at radius 2 is 1.94 bits per heavy atom. The molecule has 84 valence electrons. The van der Waals surface area contributed by atoms with Gasteiger partial charge in [0.25, 0.3) is 0 Å². The Morgan fingerprint density at radius 3 is 2.53 bits per heavy atom. The summed E-state index contributed by atoms with van der Waals surface area (Å²) in [7, 11) is 0. The van der Waals surface area contributed by atoms with E-state index >= 15 is 0 Å². The van der Waals surface area contributed by atoms with E-state index < -0.39 is 0 Å². The zero-order chi connectivity index (χ0) is 12.3. The number of halogens is 1. The number of hydrogen-bond acceptors (Lipinski definition) is 2. The van der Waals surface area contributed by atoms with Gasteiger partial charge in [-0.3, -0.25) is 0 Å². The van der Waals surface area contributed by atoms with Crippen molar-refractivity contribution in [2.24, 2.45) is 0 Å². The fourth-order valence-electron chi connectivity index (χ4n) is 1.70. The van der Waals surface area contributed by atoms with Gasteiger partial charge in [-0.25, -0.2) is 4.98 Å². The van der Waals surface area contributed by atoms with Crippen molar-refractivity contribution in [2.75, 3.05) is 0 Å². The van der Waals surface area contributed by atoms with Crippen LogP contribution in [0.25, 0.3) is 11.1 Å². The van der Waals surface area contributed by atoms with Gasteiger partial charge in [0.05, 0.1) is 5.56 Å². The first kappa shape index (κ1) is 11.6. The lowest BCUT2D eigenvalue weighted by Gasteiger charge is -2.05. The van der Waals surface area contributed by atoms with Crippen LogP contribution in [0, 0.1) is 11.3 Å². The molecule has 0 spiro atoms. The standard InChI is InChI=1S/C14H11ClN2/c1-2-10-3-5-11(6-4-10)12-7-8-17-14(15)13(12)9-16/h3-8H,2H2,1H3. The molecule has 0 radical (unpaired) electrons. The topological polar surface area (TPSA) is 36.7 Å². The van der Waals surface area contributed by atoms with Crippen LogP contribution in [-0.2, 0) is 6.42 Å². The van der Waals surface area contributed by atoms with Gasteiger partial charge in [0.1, 0.15) is 11.2 Å². The Balaban J connectivity index is 2.53. The second kappa shape index (κ2) is 4.99. The molecular weight excluding hydrogens is 232 g/mol. The second-order valence-corrected chi connectivity index (χ2v) is 4.04. The van der Waals surface area contributed by atoms with Gasteiger partial charge in [-0.05, 0) is 23.6 Å². The molecule has 0 unspecified atom stereocenters. The van der Waals surface area contributed by atoms with Crippen molar-refractivity contribution >= 4 is 11.6 Å². The van der Waals surface area contributed by atoms with Crippen LogP contribution < -0.4 is 0 Å². The molecule has 1 heterocycles. The Hall–Kier alpha value is -1.85. The molecule has 0 amide bonds. The van der Waals surface area contributed by atoms with Gasteiger partial charge in [0, 0.05) is 11.8 Å². The monoisotopic (exact) mass is 242 g/mol. The van der Waals surface area contributed by atoms with Crippen LogP contribution in [0.15, 0.2) is 36.5 Å². The van der Waals surface area contributed by atoms with Crippen molar-refractivity contribution in [1.82, 2.24) is 4.98 Å². The molecule has 0 saturated heterocycles. The molecule has 0 atom stereocenters. The Bertz CT molecular complexity index is 568. The largest absolute Gasteiger partial charge is 0.243 e. The third-order valence-corrected chi connectivity index (χ3v) is 2.98. The minimum absolute atomic E-state index is 0.254. The number of rotatable bonds is 2. The zero-order valence-corrected chi connectivity index (χ0v) is 10.2. The molecule has 2 rings (SSSR count). The second-order valence-electron chi connectivity index (χ2n) is 3.69. The highest BCUT2D eigenvalue weighted by atomic mass is 35.5. The molecule has 0 saturated carbocycles. The number of aryl methyl sites for hydroxylation is 1. The molecule has 1 aromatic carbocycles. The molecule has 0 aliphatic carbocycles. The van der Waals surface area contributed by atoms with E-state index in [1.165, 1.54) is 5.56 Å². The fourth-order valence-corrected chi connectivity index (χ4v) is 1.90. The number of nitriles is 1. The normalized spacial score (nSPS) is 9.94. The zero-order valence-electron chi connectivity index (χ0n) is 9.44. The van der Waals surface area contributed by atoms with Gasteiger partial charge < -0.3 is 0 Å². The first-order valence-electron chi connectivity index (χ1n) is 5.40. The maximum Gasteiger partial charge on any atom is 0.147 e. The number of benzene rings is 1. The predicted molar refractivity (Wildman–Crippen MR) is 68.8 cm³/mol. The number of hydrogen-bond donors (Lipinski definition) is 0. The summed E-state index contributed by atoms with van der Waals surface area (Å²) < 4.78 is 0. The van der Waals surface area contributed by atoms with E-state index in [1.54, 1.807) is 6.20 Å². The molecular formula is C14H11ClN2. The highest BCUT2D eigenvalue weighted by Crippen LogP contribution is 2.27. The summed E-state index contributed by atoms with van der Waals surface area (Å²) in [4.78, 5) is 3.91. The Labute approximate surface area is 105 Å². The third-order valence-electron chi connectivity index (χ3n) is 2.69. The van der Waals surface area contributed by atoms with Crippen LogP contribution in [0.4, 0.5) is 0 Å². The summed E-state index contributed by atoms with van der Waals surface area (Å²) >= 11 is 5.90. The van der Waals surface area contributed by atoms with Crippen molar-refractivity contribution in [3.8, 4) is 17.2 Å². The Morgan fingerprint density at radius 1 is 1.24 bits per heavy atom. The first-order valence-corrected chi connectivity index (χ1v) is 5.78. The summed E-state index contributed by atoms with van der Waals surface area (Å²) in [5.41, 5.74) is 3.52. The van der Waals surface area contributed by atoms with Crippen molar-refractivity contribution in [2.45, 2.75) is 13.3 Å². The maximum absolute atomic E-state index is 9.09. The average molecular weight is 243 g/mol. The summed E-state index contributed by atoms with van der Waals surface area (Å²) in [5.74, 6) is 0. The molecule has 0 N–H and O–H groups in total. The maximum atomic E-state index is 9.09. The smallest absolute Gasteiger partial charge is 0.147 e. The lowest BCUT2D eigenvalue weighted by molar-refractivity contribution is 1.14. The minimum atomic E-state index is 0.254. The van der Waals surface area contributed by atoms with E-state index in [9.17, 15) is 0 Å². The van der Waals surface area contributed by atoms with E-state index in [0.717, 1.165) is 17.5 Å². The molecule has 3 heteroatoms. The number of pyridine rings is 1. The summed E-state index contributed by atoms with van der Waals surface area (Å²) in [5, 5.41) is 9.34. The predicted octanol–water partition coefficient (Wildman–Crippen LogP) is 3.84. The molecule has 17 heavy (non-hydrogen) atoms. The van der Waals surface area contributed by atoms with Crippen molar-refractivity contribution < 1.29 is 0 Å². The molecule has 0 aliphatic rings. The fraction of sp³-hybridized carbons (Fsp3) is 0.143. The first-order chi connectivity index (χ1) is 8.26. The van der Waals surface area contributed by atoms with Crippen LogP contribution >= 0.6 is 11.6 Å². The molecule has 1 aromatic heterocycles. The summed E-state index contributed by atoms with van der Waals surface area (Å²) in [6.07, 6.45) is 2.62. The highest BCUT2D eigenvalue weighted by Gasteiger charge is 2.09. The molecule has 0 aliphatic heterocycles. The van der Waals surface area contributed by atoms with Gasteiger partial charge in [-0.1, -0.05) is 42.8 Å². The van der Waals surface area contributed by atoms with Crippen LogP contribution in [-0.4, -0.2) is 4.98 Å². The van der Waals surface area contributed by atoms with E-state index in [1.807, 2.05) is 18.2 Å². The van der Waals surface area contributed by atoms with Gasteiger partial charge in [-0.15, -0.1) is 0 Å². The van der Waals surface area contributed by atoms with E-state index in [4.69, 9.17) is 16.9 Å². The quantitative estimate of drug-likeness (QED) is 0.751. The van der Waals surface area contributed by atoms with E-state index in [0.29, 0.717) is 5.56 Å². The summed E-state index contributed by atoms with van der Waals surface area (Å²) in [6, 6.07) is 12.0.